The van der Waals surface area contributed by atoms with E-state index in [0.29, 0.717) is 5.69 Å². The Morgan fingerprint density at radius 3 is 2.81 bits per heavy atom. The van der Waals surface area contributed by atoms with Crippen molar-refractivity contribution in [3.63, 3.8) is 0 Å². The Kier molecular flexibility index (Phi) is 3.96. The minimum atomic E-state index is -0.535. The molecule has 16 heavy (non-hydrogen) atoms. The van der Waals surface area contributed by atoms with Gasteiger partial charge in [0.25, 0.3) is 0 Å². The minimum absolute atomic E-state index is 0.535. The fraction of sp³-hybridized carbons (Fsp3) is 0.750. The molecule has 4 nitrogen and oxygen atoms in total. The van der Waals surface area contributed by atoms with Crippen molar-refractivity contribution in [1.82, 2.24) is 9.88 Å². The number of aromatic nitrogens is 1. The fourth-order valence-corrected chi connectivity index (χ4v) is 2.07. The summed E-state index contributed by atoms with van der Waals surface area (Å²) in [6.45, 7) is 5.11. The Morgan fingerprint density at radius 2 is 2.19 bits per heavy atom. The van der Waals surface area contributed by atoms with E-state index in [1.165, 1.54) is 32.4 Å². The molecule has 1 fully saturated rings. The number of aliphatic hydroxyl groups is 1. The third-order valence-electron chi connectivity index (χ3n) is 3.09. The predicted octanol–water partition coefficient (Wildman–Crippen LogP) is 1.76. The molecule has 0 aliphatic carbocycles. The van der Waals surface area contributed by atoms with Gasteiger partial charge < -0.3 is 14.4 Å². The molecule has 1 saturated heterocycles. The standard InChI is InChI=1S/C12H20N2O2/c1-10(15)11-9-16-12(13-11)5-8-14-6-3-2-4-7-14/h9-10,15H,2-8H2,1H3. The second-order valence-corrected chi connectivity index (χ2v) is 4.49. The van der Waals surface area contributed by atoms with Crippen LogP contribution in [0.4, 0.5) is 0 Å². The van der Waals surface area contributed by atoms with Gasteiger partial charge in [-0.1, -0.05) is 6.42 Å². The highest BCUT2D eigenvalue weighted by molar-refractivity contribution is 4.99. The molecule has 0 spiro atoms. The van der Waals surface area contributed by atoms with Crippen LogP contribution in [0, 0.1) is 0 Å². The topological polar surface area (TPSA) is 49.5 Å². The molecule has 4 heteroatoms. The largest absolute Gasteiger partial charge is 0.449 e. The molecule has 0 aromatic carbocycles. The number of hydrogen-bond acceptors (Lipinski definition) is 4. The maximum atomic E-state index is 9.32. The third kappa shape index (κ3) is 3.06. The summed E-state index contributed by atoms with van der Waals surface area (Å²) in [6.07, 6.45) is 5.84. The van der Waals surface area contributed by atoms with Gasteiger partial charge in [-0.25, -0.2) is 4.98 Å². The second kappa shape index (κ2) is 5.46. The molecular weight excluding hydrogens is 204 g/mol. The summed E-state index contributed by atoms with van der Waals surface area (Å²) in [5, 5.41) is 9.32. The zero-order valence-corrected chi connectivity index (χ0v) is 9.85. The fourth-order valence-electron chi connectivity index (χ4n) is 2.07. The van der Waals surface area contributed by atoms with E-state index in [4.69, 9.17) is 4.42 Å². The molecule has 0 saturated carbocycles. The van der Waals surface area contributed by atoms with E-state index in [-0.39, 0.29) is 0 Å². The molecule has 1 aliphatic heterocycles. The van der Waals surface area contributed by atoms with Crippen molar-refractivity contribution in [3.8, 4) is 0 Å². The van der Waals surface area contributed by atoms with Gasteiger partial charge in [-0.3, -0.25) is 0 Å². The number of nitrogens with zero attached hydrogens (tertiary/aromatic N) is 2. The number of rotatable bonds is 4. The minimum Gasteiger partial charge on any atom is -0.449 e. The predicted molar refractivity (Wildman–Crippen MR) is 61.1 cm³/mol. The zero-order valence-electron chi connectivity index (χ0n) is 9.85. The van der Waals surface area contributed by atoms with Crippen LogP contribution in [0.5, 0.6) is 0 Å². The Morgan fingerprint density at radius 1 is 1.44 bits per heavy atom. The third-order valence-corrected chi connectivity index (χ3v) is 3.09. The Labute approximate surface area is 96.3 Å². The van der Waals surface area contributed by atoms with E-state index < -0.39 is 6.10 Å². The van der Waals surface area contributed by atoms with E-state index >= 15 is 0 Å². The summed E-state index contributed by atoms with van der Waals surface area (Å²) in [7, 11) is 0. The van der Waals surface area contributed by atoms with Gasteiger partial charge in [0, 0.05) is 13.0 Å². The summed E-state index contributed by atoms with van der Waals surface area (Å²) in [5.41, 5.74) is 0.633. The number of aliphatic hydroxyl groups excluding tert-OH is 1. The van der Waals surface area contributed by atoms with Gasteiger partial charge in [-0.2, -0.15) is 0 Å². The van der Waals surface area contributed by atoms with Gasteiger partial charge in [-0.15, -0.1) is 0 Å². The first kappa shape index (κ1) is 11.6. The number of hydrogen-bond donors (Lipinski definition) is 1. The van der Waals surface area contributed by atoms with E-state index in [0.717, 1.165) is 18.9 Å². The molecular formula is C12H20N2O2. The lowest BCUT2D eigenvalue weighted by Crippen LogP contribution is -2.31. The van der Waals surface area contributed by atoms with Crippen molar-refractivity contribution in [3.05, 3.63) is 17.8 Å². The molecule has 90 valence electrons. The van der Waals surface area contributed by atoms with Crippen LogP contribution in [0.15, 0.2) is 10.7 Å². The first-order valence-electron chi connectivity index (χ1n) is 6.10. The number of piperidine rings is 1. The van der Waals surface area contributed by atoms with Crippen LogP contribution in [0.3, 0.4) is 0 Å². The summed E-state index contributed by atoms with van der Waals surface area (Å²) in [6, 6.07) is 0. The molecule has 1 unspecified atom stereocenters. The highest BCUT2D eigenvalue weighted by atomic mass is 16.3. The van der Waals surface area contributed by atoms with Gasteiger partial charge in [0.1, 0.15) is 12.0 Å². The molecule has 1 N–H and O–H groups in total. The van der Waals surface area contributed by atoms with Crippen LogP contribution in [0.2, 0.25) is 0 Å². The van der Waals surface area contributed by atoms with Crippen LogP contribution < -0.4 is 0 Å². The normalized spacial score (nSPS) is 19.9. The Hall–Kier alpha value is -0.870. The smallest absolute Gasteiger partial charge is 0.195 e. The van der Waals surface area contributed by atoms with Crippen molar-refractivity contribution >= 4 is 0 Å². The van der Waals surface area contributed by atoms with E-state index in [1.54, 1.807) is 13.2 Å². The van der Waals surface area contributed by atoms with E-state index in [1.807, 2.05) is 0 Å². The first-order chi connectivity index (χ1) is 7.75. The van der Waals surface area contributed by atoms with Crippen molar-refractivity contribution < 1.29 is 9.52 Å². The van der Waals surface area contributed by atoms with Crippen LogP contribution in [-0.4, -0.2) is 34.6 Å². The molecule has 1 aromatic rings. The second-order valence-electron chi connectivity index (χ2n) is 4.49. The van der Waals surface area contributed by atoms with Gasteiger partial charge in [0.15, 0.2) is 5.89 Å². The molecule has 2 rings (SSSR count). The molecule has 0 bridgehead atoms. The van der Waals surface area contributed by atoms with Crippen molar-refractivity contribution in [2.24, 2.45) is 0 Å². The lowest BCUT2D eigenvalue weighted by Gasteiger charge is -2.25. The van der Waals surface area contributed by atoms with Crippen LogP contribution in [0.25, 0.3) is 0 Å². The van der Waals surface area contributed by atoms with Gasteiger partial charge in [-0.05, 0) is 32.9 Å². The first-order valence-corrected chi connectivity index (χ1v) is 6.10. The lowest BCUT2D eigenvalue weighted by atomic mass is 10.1. The SMILES string of the molecule is CC(O)c1coc(CCN2CCCCC2)n1. The lowest BCUT2D eigenvalue weighted by molar-refractivity contribution is 0.194. The maximum absolute atomic E-state index is 9.32. The van der Waals surface area contributed by atoms with Crippen LogP contribution in [0.1, 0.15) is 43.9 Å². The van der Waals surface area contributed by atoms with Crippen molar-refractivity contribution in [1.29, 1.82) is 0 Å². The van der Waals surface area contributed by atoms with E-state index in [9.17, 15) is 5.11 Å². The van der Waals surface area contributed by atoms with Crippen molar-refractivity contribution in [2.45, 2.75) is 38.7 Å². The average Bonchev–Trinajstić information content (AvgIpc) is 2.76. The molecule has 1 atom stereocenters. The Bertz CT molecular complexity index is 317. The van der Waals surface area contributed by atoms with Gasteiger partial charge in [0.05, 0.1) is 6.10 Å². The van der Waals surface area contributed by atoms with Crippen molar-refractivity contribution in [2.75, 3.05) is 19.6 Å². The van der Waals surface area contributed by atoms with Crippen LogP contribution >= 0.6 is 0 Å². The summed E-state index contributed by atoms with van der Waals surface area (Å²) in [4.78, 5) is 6.70. The highest BCUT2D eigenvalue weighted by Crippen LogP contribution is 2.13. The number of oxazole rings is 1. The summed E-state index contributed by atoms with van der Waals surface area (Å²) in [5.74, 6) is 0.737. The number of likely N-dealkylation sites (tertiary alicyclic amines) is 1. The van der Waals surface area contributed by atoms with E-state index in [2.05, 4.69) is 9.88 Å². The zero-order chi connectivity index (χ0) is 11.4. The van der Waals surface area contributed by atoms with Crippen LogP contribution in [-0.2, 0) is 6.42 Å². The monoisotopic (exact) mass is 224 g/mol. The van der Waals surface area contributed by atoms with Gasteiger partial charge in [0.2, 0.25) is 0 Å². The highest BCUT2D eigenvalue weighted by Gasteiger charge is 2.12. The summed E-state index contributed by atoms with van der Waals surface area (Å²) >= 11 is 0. The Balaban J connectivity index is 1.79. The maximum Gasteiger partial charge on any atom is 0.195 e. The molecule has 2 heterocycles. The quantitative estimate of drug-likeness (QED) is 0.846. The molecule has 1 aliphatic rings. The van der Waals surface area contributed by atoms with Gasteiger partial charge >= 0.3 is 0 Å². The molecule has 0 radical (unpaired) electrons. The average molecular weight is 224 g/mol. The summed E-state index contributed by atoms with van der Waals surface area (Å²) < 4.78 is 5.32. The molecule has 1 aromatic heterocycles. The molecule has 0 amide bonds.